The van der Waals surface area contributed by atoms with Gasteiger partial charge in [-0.1, -0.05) is 15.9 Å². The van der Waals surface area contributed by atoms with Gasteiger partial charge in [0.25, 0.3) is 0 Å². The normalized spacial score (nSPS) is 11.9. The number of phenolic OH excluding ortho intramolecular Hbond substituents is 1. The topological polar surface area (TPSA) is 83.8 Å². The number of esters is 1. The molecule has 1 aromatic rings. The highest BCUT2D eigenvalue weighted by atomic mass is 79.9. The summed E-state index contributed by atoms with van der Waals surface area (Å²) in [6.07, 6.45) is -1.38. The molecule has 0 aliphatic carbocycles. The van der Waals surface area contributed by atoms with Crippen molar-refractivity contribution in [2.24, 2.45) is 0 Å². The number of hydrogen-bond acceptors (Lipinski definition) is 4. The van der Waals surface area contributed by atoms with Crippen LogP contribution in [0.1, 0.15) is 12.5 Å². The molecule has 2 N–H and O–H groups in total. The fraction of sp³-hybridized carbons (Fsp3) is 0.273. The molecule has 0 bridgehead atoms. The van der Waals surface area contributed by atoms with Crippen LogP contribution in [0.4, 0.5) is 0 Å². The van der Waals surface area contributed by atoms with Crippen LogP contribution in [0.5, 0.6) is 5.75 Å². The molecule has 0 aliphatic heterocycles. The number of halogens is 1. The summed E-state index contributed by atoms with van der Waals surface area (Å²) in [5.74, 6) is -1.96. The summed E-state index contributed by atoms with van der Waals surface area (Å²) in [4.78, 5) is 21.6. The summed E-state index contributed by atoms with van der Waals surface area (Å²) in [6, 6.07) is 4.64. The molecule has 1 rings (SSSR count). The molecule has 6 heteroatoms. The van der Waals surface area contributed by atoms with Crippen LogP contribution in [-0.4, -0.2) is 28.3 Å². The van der Waals surface area contributed by atoms with Crippen molar-refractivity contribution in [2.75, 3.05) is 0 Å². The molecule has 92 valence electrons. The molecular formula is C11H11BrO5. The van der Waals surface area contributed by atoms with Crippen LogP contribution < -0.4 is 0 Å². The van der Waals surface area contributed by atoms with Gasteiger partial charge in [-0.25, -0.2) is 4.79 Å². The number of carboxylic acids is 1. The minimum absolute atomic E-state index is 0.0356. The third kappa shape index (κ3) is 4.07. The zero-order valence-corrected chi connectivity index (χ0v) is 10.6. The first-order chi connectivity index (χ1) is 7.90. The Kier molecular flexibility index (Phi) is 4.51. The highest BCUT2D eigenvalue weighted by Gasteiger charge is 2.22. The number of hydrogen-bond donors (Lipinski definition) is 2. The van der Waals surface area contributed by atoms with E-state index in [4.69, 9.17) is 5.11 Å². The number of carbonyl (C=O) groups is 2. The second-order valence-electron chi connectivity index (χ2n) is 3.41. The zero-order chi connectivity index (χ0) is 13.0. The number of ether oxygens (including phenoxy) is 1. The van der Waals surface area contributed by atoms with Gasteiger partial charge in [-0.05, 0) is 23.8 Å². The lowest BCUT2D eigenvalue weighted by Gasteiger charge is -2.13. The maximum absolute atomic E-state index is 10.9. The van der Waals surface area contributed by atoms with Gasteiger partial charge in [0.2, 0.25) is 6.10 Å². The van der Waals surface area contributed by atoms with Crippen LogP contribution in [0.2, 0.25) is 0 Å². The molecule has 0 aliphatic rings. The molecule has 1 unspecified atom stereocenters. The van der Waals surface area contributed by atoms with E-state index in [1.54, 1.807) is 12.1 Å². The summed E-state index contributed by atoms with van der Waals surface area (Å²) in [5.41, 5.74) is 0.396. The van der Waals surface area contributed by atoms with Gasteiger partial charge >= 0.3 is 11.9 Å². The van der Waals surface area contributed by atoms with Crippen LogP contribution in [0, 0.1) is 0 Å². The molecule has 0 amide bonds. The number of rotatable bonds is 4. The van der Waals surface area contributed by atoms with Crippen molar-refractivity contribution in [3.8, 4) is 5.75 Å². The van der Waals surface area contributed by atoms with Gasteiger partial charge in [0.15, 0.2) is 0 Å². The molecule has 17 heavy (non-hydrogen) atoms. The molecule has 0 heterocycles. The first-order valence-corrected chi connectivity index (χ1v) is 5.57. The molecule has 0 saturated heterocycles. The quantitative estimate of drug-likeness (QED) is 0.827. The number of phenols is 1. The van der Waals surface area contributed by atoms with Crippen LogP contribution in [0.3, 0.4) is 0 Å². The molecule has 1 aromatic carbocycles. The number of aromatic hydroxyl groups is 1. The van der Waals surface area contributed by atoms with E-state index in [-0.39, 0.29) is 12.2 Å². The Hall–Kier alpha value is -1.56. The van der Waals surface area contributed by atoms with E-state index in [2.05, 4.69) is 20.7 Å². The van der Waals surface area contributed by atoms with E-state index in [9.17, 15) is 14.7 Å². The fourth-order valence-corrected chi connectivity index (χ4v) is 1.71. The van der Waals surface area contributed by atoms with Crippen molar-refractivity contribution in [3.05, 3.63) is 28.2 Å². The first-order valence-electron chi connectivity index (χ1n) is 4.77. The van der Waals surface area contributed by atoms with Gasteiger partial charge < -0.3 is 14.9 Å². The smallest absolute Gasteiger partial charge is 0.345 e. The zero-order valence-electron chi connectivity index (χ0n) is 9.01. The number of carbonyl (C=O) groups excluding carboxylic acids is 1. The monoisotopic (exact) mass is 302 g/mol. The van der Waals surface area contributed by atoms with Gasteiger partial charge in [0.05, 0.1) is 0 Å². The average Bonchev–Trinajstić information content (AvgIpc) is 2.21. The minimum Gasteiger partial charge on any atom is -0.508 e. The van der Waals surface area contributed by atoms with E-state index in [1.807, 2.05) is 0 Å². The minimum atomic E-state index is -1.30. The Morgan fingerprint density at radius 2 is 2.12 bits per heavy atom. The number of benzene rings is 1. The van der Waals surface area contributed by atoms with Gasteiger partial charge in [-0.15, -0.1) is 0 Å². The Bertz CT molecular complexity index is 443. The molecule has 5 nitrogen and oxygen atoms in total. The SMILES string of the molecule is CC(=O)OC(Cc1cc(Br)ccc1O)C(=O)O. The molecule has 0 spiro atoms. The third-order valence-corrected chi connectivity index (χ3v) is 2.52. The molecule has 1 atom stereocenters. The van der Waals surface area contributed by atoms with E-state index in [0.717, 1.165) is 6.92 Å². The Morgan fingerprint density at radius 3 is 2.65 bits per heavy atom. The van der Waals surface area contributed by atoms with Gasteiger partial charge in [-0.3, -0.25) is 4.79 Å². The Balaban J connectivity index is 2.89. The van der Waals surface area contributed by atoms with Gasteiger partial charge in [0.1, 0.15) is 5.75 Å². The molecule has 0 radical (unpaired) electrons. The molecule has 0 fully saturated rings. The van der Waals surface area contributed by atoms with Crippen LogP contribution in [-0.2, 0) is 20.7 Å². The van der Waals surface area contributed by atoms with E-state index in [0.29, 0.717) is 10.0 Å². The Morgan fingerprint density at radius 1 is 1.47 bits per heavy atom. The van der Waals surface area contributed by atoms with E-state index >= 15 is 0 Å². The van der Waals surface area contributed by atoms with Crippen molar-refractivity contribution in [2.45, 2.75) is 19.4 Å². The molecule has 0 saturated carbocycles. The third-order valence-electron chi connectivity index (χ3n) is 2.03. The summed E-state index contributed by atoms with van der Waals surface area (Å²) >= 11 is 3.21. The fourth-order valence-electron chi connectivity index (χ4n) is 1.30. The van der Waals surface area contributed by atoms with Crippen molar-refractivity contribution in [3.63, 3.8) is 0 Å². The summed E-state index contributed by atoms with van der Waals surface area (Å²) in [6.45, 7) is 1.14. The largest absolute Gasteiger partial charge is 0.508 e. The maximum Gasteiger partial charge on any atom is 0.345 e. The standard InChI is InChI=1S/C11H11BrO5/c1-6(13)17-10(11(15)16)5-7-4-8(12)2-3-9(7)14/h2-4,10,14H,5H2,1H3,(H,15,16). The maximum atomic E-state index is 10.9. The lowest BCUT2D eigenvalue weighted by molar-refractivity contribution is -0.162. The van der Waals surface area contributed by atoms with E-state index in [1.165, 1.54) is 6.07 Å². The predicted molar refractivity (Wildman–Crippen MR) is 62.7 cm³/mol. The second kappa shape index (κ2) is 5.67. The highest BCUT2D eigenvalue weighted by molar-refractivity contribution is 9.10. The lowest BCUT2D eigenvalue weighted by atomic mass is 10.1. The van der Waals surface area contributed by atoms with Crippen molar-refractivity contribution < 1.29 is 24.5 Å². The predicted octanol–water partition coefficient (Wildman–Crippen LogP) is 1.71. The van der Waals surface area contributed by atoms with Crippen molar-refractivity contribution >= 4 is 27.9 Å². The molecular weight excluding hydrogens is 292 g/mol. The van der Waals surface area contributed by atoms with Crippen LogP contribution >= 0.6 is 15.9 Å². The van der Waals surface area contributed by atoms with Gasteiger partial charge in [0, 0.05) is 17.8 Å². The summed E-state index contributed by atoms with van der Waals surface area (Å²) in [7, 11) is 0. The number of aliphatic carboxylic acids is 1. The summed E-state index contributed by atoms with van der Waals surface area (Å²) < 4.78 is 5.35. The highest BCUT2D eigenvalue weighted by Crippen LogP contribution is 2.23. The van der Waals surface area contributed by atoms with Gasteiger partial charge in [-0.2, -0.15) is 0 Å². The summed E-state index contributed by atoms with van der Waals surface area (Å²) in [5, 5.41) is 18.4. The van der Waals surface area contributed by atoms with Crippen molar-refractivity contribution in [1.29, 1.82) is 0 Å². The lowest BCUT2D eigenvalue weighted by Crippen LogP contribution is -2.28. The van der Waals surface area contributed by atoms with Crippen LogP contribution in [0.25, 0.3) is 0 Å². The second-order valence-corrected chi connectivity index (χ2v) is 4.33. The van der Waals surface area contributed by atoms with Crippen LogP contribution in [0.15, 0.2) is 22.7 Å². The first kappa shape index (κ1) is 13.5. The Labute approximate surface area is 106 Å². The average molecular weight is 303 g/mol. The van der Waals surface area contributed by atoms with Crippen molar-refractivity contribution in [1.82, 2.24) is 0 Å². The molecule has 0 aromatic heterocycles. The number of carboxylic acid groups (broad SMARTS) is 1. The van der Waals surface area contributed by atoms with E-state index < -0.39 is 18.0 Å².